The van der Waals surface area contributed by atoms with Crippen molar-refractivity contribution in [3.8, 4) is 17.2 Å². The van der Waals surface area contributed by atoms with Crippen LogP contribution in [-0.4, -0.2) is 75.0 Å². The maximum atomic E-state index is 13.2. The maximum Gasteiger partial charge on any atom is 0.260 e. The Morgan fingerprint density at radius 1 is 1.12 bits per heavy atom. The Bertz CT molecular complexity index is 1630. The summed E-state index contributed by atoms with van der Waals surface area (Å²) in [4.78, 5) is 27.9. The third kappa shape index (κ3) is 9.89. The summed E-state index contributed by atoms with van der Waals surface area (Å²) in [5.41, 5.74) is 1.92. The molecule has 1 saturated carbocycles. The van der Waals surface area contributed by atoms with Crippen molar-refractivity contribution >= 4 is 48.8 Å². The van der Waals surface area contributed by atoms with E-state index >= 15 is 0 Å². The molecule has 1 aromatic heterocycles. The molecule has 51 heavy (non-hydrogen) atoms. The monoisotopic (exact) mass is 747 g/mol. The van der Waals surface area contributed by atoms with E-state index in [-0.39, 0.29) is 11.4 Å². The highest BCUT2D eigenvalue weighted by molar-refractivity contribution is 7.19. The molecule has 7 unspecified atom stereocenters. The number of nitrogens with one attached hydrogen (secondary N) is 2. The van der Waals surface area contributed by atoms with E-state index < -0.39 is 11.5 Å². The molecule has 3 heterocycles. The molecule has 0 radical (unpaired) electrons. The van der Waals surface area contributed by atoms with Crippen molar-refractivity contribution in [2.75, 3.05) is 46.0 Å². The van der Waals surface area contributed by atoms with Crippen LogP contribution in [0.15, 0.2) is 24.3 Å². The van der Waals surface area contributed by atoms with Crippen molar-refractivity contribution in [1.82, 2.24) is 10.3 Å². The number of carbonyl (C=O) groups excluding carboxylic acids is 2. The van der Waals surface area contributed by atoms with Gasteiger partial charge in [0.2, 0.25) is 6.41 Å². The maximum absolute atomic E-state index is 13.2. The lowest BCUT2D eigenvalue weighted by Gasteiger charge is -2.28. The van der Waals surface area contributed by atoms with Gasteiger partial charge in [0, 0.05) is 31.9 Å². The largest absolute Gasteiger partial charge is 0.496 e. The standard InChI is InChI=1S/C19H18N2O4S.C11H24O.C8H13FNO2P/c1-10-8-15-16(25-7-6-24-15)9-13(10)21-19(22)17-14(23-3)5-4-12-18(17)26-11(2)20-12;1-6-10(3)11(4)7-9(2)8-12-5;9-6(13)8-2-1-7(3-8,4-12-8)10-5-11/h4-5,8-9H,6-7H2,1-3H3,(H,21,22);9-11H,6-8H2,1-5H3;5-6H,1-4,13H2,(H,10,11). The van der Waals surface area contributed by atoms with E-state index in [1.165, 1.54) is 24.2 Å². The summed E-state index contributed by atoms with van der Waals surface area (Å²) in [7, 11) is 5.48. The quantitative estimate of drug-likeness (QED) is 0.142. The Labute approximate surface area is 308 Å². The van der Waals surface area contributed by atoms with E-state index in [4.69, 9.17) is 23.7 Å². The summed E-state index contributed by atoms with van der Waals surface area (Å²) in [6.07, 6.45) is 5.38. The van der Waals surface area contributed by atoms with Crippen LogP contribution < -0.4 is 24.8 Å². The summed E-state index contributed by atoms with van der Waals surface area (Å²) in [6, 6.07) is 7.31. The van der Waals surface area contributed by atoms with Gasteiger partial charge in [-0.25, -0.2) is 9.37 Å². The zero-order valence-corrected chi connectivity index (χ0v) is 33.2. The second kappa shape index (κ2) is 18.1. The molecule has 7 atom stereocenters. The SMILES string of the molecule is CCC(C)C(C)CC(C)COC.COc1ccc2nc(C)sc2c1C(=O)Nc1cc2c(cc1C)OCCO2.O=CNC12CCC(C(F)P)(C1)OC2. The summed E-state index contributed by atoms with van der Waals surface area (Å²) in [5.74, 6) is 2.97. The number of amides is 2. The van der Waals surface area contributed by atoms with E-state index in [1.54, 1.807) is 26.4 Å². The number of alkyl halides is 1. The Morgan fingerprint density at radius 3 is 2.39 bits per heavy atom. The van der Waals surface area contributed by atoms with Gasteiger partial charge >= 0.3 is 0 Å². The fraction of sp³-hybridized carbons (Fsp3) is 0.605. The zero-order valence-electron chi connectivity index (χ0n) is 31.2. The summed E-state index contributed by atoms with van der Waals surface area (Å²) < 4.78 is 41.2. The Balaban J connectivity index is 0.000000196. The van der Waals surface area contributed by atoms with Gasteiger partial charge in [-0.3, -0.25) is 9.59 Å². The lowest BCUT2D eigenvalue weighted by molar-refractivity contribution is -0.111. The first-order chi connectivity index (χ1) is 24.3. The number of hydrogen-bond donors (Lipinski definition) is 2. The first-order valence-corrected chi connectivity index (χ1v) is 19.2. The van der Waals surface area contributed by atoms with Crippen LogP contribution in [0, 0.1) is 31.6 Å². The molecule has 2 fully saturated rings. The molecule has 1 aliphatic carbocycles. The number of carbonyl (C=O) groups is 2. The van der Waals surface area contributed by atoms with Crippen molar-refractivity contribution in [1.29, 1.82) is 0 Å². The van der Waals surface area contributed by atoms with E-state index in [1.807, 2.05) is 26.0 Å². The lowest BCUT2D eigenvalue weighted by Crippen LogP contribution is -2.43. The minimum atomic E-state index is -1.04. The molecule has 13 heteroatoms. The smallest absolute Gasteiger partial charge is 0.260 e. The molecule has 2 bridgehead atoms. The molecule has 2 amide bonds. The number of fused-ring (bicyclic) bond motifs is 4. The van der Waals surface area contributed by atoms with E-state index in [9.17, 15) is 14.0 Å². The summed E-state index contributed by atoms with van der Waals surface area (Å²) >= 11 is 1.48. The number of aromatic nitrogens is 1. The fourth-order valence-corrected chi connectivity index (χ4v) is 8.27. The van der Waals surface area contributed by atoms with Gasteiger partial charge in [0.1, 0.15) is 36.0 Å². The molecular formula is C38H55FN3O7PS. The number of benzene rings is 2. The minimum Gasteiger partial charge on any atom is -0.496 e. The molecule has 2 aliphatic heterocycles. The number of ether oxygens (including phenoxy) is 5. The lowest BCUT2D eigenvalue weighted by atomic mass is 9.86. The van der Waals surface area contributed by atoms with E-state index in [0.29, 0.717) is 73.5 Å². The third-order valence-corrected chi connectivity index (χ3v) is 11.8. The molecule has 10 nitrogen and oxygen atoms in total. The van der Waals surface area contributed by atoms with E-state index in [0.717, 1.165) is 45.7 Å². The van der Waals surface area contributed by atoms with Crippen molar-refractivity contribution < 1.29 is 37.7 Å². The number of thiazole rings is 1. The van der Waals surface area contributed by atoms with Gasteiger partial charge in [0.05, 0.1) is 34.5 Å². The van der Waals surface area contributed by atoms with Crippen LogP contribution in [0.5, 0.6) is 17.2 Å². The van der Waals surface area contributed by atoms with Crippen LogP contribution in [0.3, 0.4) is 0 Å². The van der Waals surface area contributed by atoms with Crippen molar-refractivity contribution in [3.05, 3.63) is 40.4 Å². The number of nitrogens with zero attached hydrogens (tertiary/aromatic N) is 1. The fourth-order valence-electron chi connectivity index (χ4n) is 6.94. The number of hydrogen-bond acceptors (Lipinski definition) is 9. The molecule has 3 aromatic rings. The second-order valence-electron chi connectivity index (χ2n) is 14.1. The minimum absolute atomic E-state index is 0.240. The Kier molecular flexibility index (Phi) is 14.5. The van der Waals surface area contributed by atoms with Gasteiger partial charge < -0.3 is 34.3 Å². The summed E-state index contributed by atoms with van der Waals surface area (Å²) in [6.45, 7) is 15.4. The highest BCUT2D eigenvalue weighted by atomic mass is 32.1. The zero-order chi connectivity index (χ0) is 37.3. The third-order valence-electron chi connectivity index (χ3n) is 10.2. The normalized spacial score (nSPS) is 22.4. The van der Waals surface area contributed by atoms with Crippen LogP contribution in [0.4, 0.5) is 10.1 Å². The van der Waals surface area contributed by atoms with Crippen molar-refractivity contribution in [2.45, 2.75) is 90.7 Å². The highest BCUT2D eigenvalue weighted by Gasteiger charge is 2.58. The number of methoxy groups -OCH3 is 2. The van der Waals surface area contributed by atoms with Crippen LogP contribution in [0.2, 0.25) is 0 Å². The molecule has 3 aliphatic rings. The Morgan fingerprint density at radius 2 is 1.82 bits per heavy atom. The van der Waals surface area contributed by atoms with Gasteiger partial charge in [-0.1, -0.05) is 43.4 Å². The van der Waals surface area contributed by atoms with Crippen LogP contribution in [0.1, 0.15) is 80.7 Å². The van der Waals surface area contributed by atoms with E-state index in [2.05, 4.69) is 52.6 Å². The van der Waals surface area contributed by atoms with Gasteiger partial charge in [0.25, 0.3) is 5.91 Å². The molecule has 6 rings (SSSR count). The first-order valence-electron chi connectivity index (χ1n) is 17.7. The average Bonchev–Trinajstić information content (AvgIpc) is 3.80. The van der Waals surface area contributed by atoms with Crippen molar-refractivity contribution in [2.24, 2.45) is 17.8 Å². The number of anilines is 1. The van der Waals surface area contributed by atoms with Gasteiger partial charge in [-0.05, 0) is 74.6 Å². The molecule has 2 aromatic carbocycles. The summed E-state index contributed by atoms with van der Waals surface area (Å²) in [5, 5.41) is 6.63. The molecule has 282 valence electrons. The van der Waals surface area contributed by atoms with Crippen LogP contribution >= 0.6 is 20.6 Å². The predicted octanol–water partition coefficient (Wildman–Crippen LogP) is 7.88. The van der Waals surface area contributed by atoms with Gasteiger partial charge in [0.15, 0.2) is 11.5 Å². The Hall–Kier alpha value is -3.05. The molecule has 2 N–H and O–H groups in total. The number of rotatable bonds is 12. The van der Waals surface area contributed by atoms with Gasteiger partial charge in [-0.15, -0.1) is 11.3 Å². The molecular weight excluding hydrogens is 692 g/mol. The topological polar surface area (TPSA) is 117 Å². The second-order valence-corrected chi connectivity index (χ2v) is 15.9. The first kappa shape index (κ1) is 40.7. The van der Waals surface area contributed by atoms with Crippen LogP contribution in [0.25, 0.3) is 10.2 Å². The number of aryl methyl sites for hydroxylation is 2. The number of halogens is 1. The molecule has 1 saturated heterocycles. The van der Waals surface area contributed by atoms with Crippen LogP contribution in [-0.2, 0) is 14.3 Å². The average molecular weight is 748 g/mol. The van der Waals surface area contributed by atoms with Gasteiger partial charge in [-0.2, -0.15) is 0 Å². The van der Waals surface area contributed by atoms with Crippen molar-refractivity contribution in [3.63, 3.8) is 0 Å². The molecule has 0 spiro atoms. The highest BCUT2D eigenvalue weighted by Crippen LogP contribution is 2.51. The predicted molar refractivity (Wildman–Crippen MR) is 204 cm³/mol.